The number of aryl methyl sites for hydroxylation is 1. The van der Waals surface area contributed by atoms with Crippen molar-refractivity contribution in [3.63, 3.8) is 0 Å². The average molecular weight is 270 g/mol. The third kappa shape index (κ3) is 2.88. The number of rotatable bonds is 4. The van der Waals surface area contributed by atoms with Crippen LogP contribution in [0.2, 0.25) is 0 Å². The number of nitrogens with two attached hydrogens (primary N) is 2. The number of pyridine rings is 1. The number of benzene rings is 1. The van der Waals surface area contributed by atoms with Crippen LogP contribution in [0.25, 0.3) is 0 Å². The van der Waals surface area contributed by atoms with Crippen molar-refractivity contribution in [1.29, 1.82) is 0 Å². The largest absolute Gasteiger partial charge is 0.397 e. The highest BCUT2D eigenvalue weighted by Crippen LogP contribution is 2.21. The quantitative estimate of drug-likeness (QED) is 0.885. The average Bonchev–Trinajstić information content (AvgIpc) is 2.41. The Morgan fingerprint density at radius 3 is 2.70 bits per heavy atom. The van der Waals surface area contributed by atoms with E-state index in [1.54, 1.807) is 6.07 Å². The van der Waals surface area contributed by atoms with Gasteiger partial charge in [0.2, 0.25) is 0 Å². The molecule has 2 rings (SSSR count). The summed E-state index contributed by atoms with van der Waals surface area (Å²) in [5, 5.41) is 0. The summed E-state index contributed by atoms with van der Waals surface area (Å²) in [6.07, 6.45) is 1.52. The molecule has 20 heavy (non-hydrogen) atoms. The molecule has 1 heterocycles. The van der Waals surface area contributed by atoms with E-state index in [4.69, 9.17) is 11.5 Å². The van der Waals surface area contributed by atoms with Crippen molar-refractivity contribution in [3.05, 3.63) is 53.2 Å². The van der Waals surface area contributed by atoms with Gasteiger partial charge in [-0.05, 0) is 24.1 Å². The van der Waals surface area contributed by atoms with Gasteiger partial charge in [-0.25, -0.2) is 4.98 Å². The van der Waals surface area contributed by atoms with E-state index in [0.29, 0.717) is 23.6 Å². The molecule has 0 bridgehead atoms. The molecule has 5 nitrogen and oxygen atoms in total. The van der Waals surface area contributed by atoms with Crippen molar-refractivity contribution in [2.24, 2.45) is 5.73 Å². The van der Waals surface area contributed by atoms with Crippen LogP contribution in [0.3, 0.4) is 0 Å². The number of amides is 1. The van der Waals surface area contributed by atoms with E-state index < -0.39 is 5.91 Å². The second-order valence-corrected chi connectivity index (χ2v) is 4.79. The molecule has 0 unspecified atom stereocenters. The van der Waals surface area contributed by atoms with Crippen LogP contribution in [0, 0.1) is 6.92 Å². The minimum atomic E-state index is -0.531. The molecule has 5 heteroatoms. The molecule has 0 atom stereocenters. The van der Waals surface area contributed by atoms with Gasteiger partial charge in [0.25, 0.3) is 5.91 Å². The van der Waals surface area contributed by atoms with Crippen LogP contribution in [-0.2, 0) is 6.54 Å². The highest BCUT2D eigenvalue weighted by atomic mass is 16.1. The van der Waals surface area contributed by atoms with Crippen molar-refractivity contribution in [2.75, 3.05) is 17.7 Å². The number of nitrogens with zero attached hydrogens (tertiary/aromatic N) is 2. The zero-order valence-corrected chi connectivity index (χ0v) is 11.6. The van der Waals surface area contributed by atoms with Crippen molar-refractivity contribution < 1.29 is 4.79 Å². The van der Waals surface area contributed by atoms with E-state index >= 15 is 0 Å². The SMILES string of the molecule is Cc1ccccc1CN(C)c1ncc(N)cc1C(N)=O. The Kier molecular flexibility index (Phi) is 3.89. The lowest BCUT2D eigenvalue weighted by Crippen LogP contribution is -2.23. The van der Waals surface area contributed by atoms with Gasteiger partial charge in [0.1, 0.15) is 5.82 Å². The monoisotopic (exact) mass is 270 g/mol. The summed E-state index contributed by atoms with van der Waals surface area (Å²) < 4.78 is 0. The predicted octanol–water partition coefficient (Wildman–Crippen LogP) is 1.71. The van der Waals surface area contributed by atoms with Gasteiger partial charge < -0.3 is 16.4 Å². The summed E-state index contributed by atoms with van der Waals surface area (Å²) in [5.74, 6) is 0.00591. The molecule has 0 saturated carbocycles. The van der Waals surface area contributed by atoms with Crippen molar-refractivity contribution in [1.82, 2.24) is 4.98 Å². The molecule has 0 radical (unpaired) electrons. The Morgan fingerprint density at radius 2 is 2.05 bits per heavy atom. The molecular weight excluding hydrogens is 252 g/mol. The third-order valence-corrected chi connectivity index (χ3v) is 3.18. The summed E-state index contributed by atoms with van der Waals surface area (Å²) in [6, 6.07) is 9.64. The normalized spacial score (nSPS) is 10.3. The van der Waals surface area contributed by atoms with Gasteiger partial charge >= 0.3 is 0 Å². The molecule has 0 aliphatic rings. The molecule has 0 fully saturated rings. The molecule has 0 aliphatic carbocycles. The Balaban J connectivity index is 2.32. The van der Waals surface area contributed by atoms with Gasteiger partial charge in [-0.1, -0.05) is 24.3 Å². The molecule has 1 aromatic carbocycles. The fraction of sp³-hybridized carbons (Fsp3) is 0.200. The second-order valence-electron chi connectivity index (χ2n) is 4.79. The number of carbonyl (C=O) groups excluding carboxylic acids is 1. The first kappa shape index (κ1) is 13.9. The number of carbonyl (C=O) groups is 1. The van der Waals surface area contributed by atoms with Gasteiger partial charge in [0.15, 0.2) is 0 Å². The molecule has 2 aromatic rings. The van der Waals surface area contributed by atoms with Gasteiger partial charge in [-0.2, -0.15) is 0 Å². The van der Waals surface area contributed by atoms with Gasteiger partial charge in [0.05, 0.1) is 17.4 Å². The van der Waals surface area contributed by atoms with Gasteiger partial charge in [-0.15, -0.1) is 0 Å². The van der Waals surface area contributed by atoms with E-state index in [1.807, 2.05) is 30.1 Å². The van der Waals surface area contributed by atoms with Crippen LogP contribution >= 0.6 is 0 Å². The zero-order valence-electron chi connectivity index (χ0n) is 11.6. The highest BCUT2D eigenvalue weighted by molar-refractivity contribution is 5.98. The van der Waals surface area contributed by atoms with Crippen LogP contribution in [0.15, 0.2) is 36.5 Å². The van der Waals surface area contributed by atoms with Crippen LogP contribution in [0.4, 0.5) is 11.5 Å². The lowest BCUT2D eigenvalue weighted by molar-refractivity contribution is 0.100. The number of hydrogen-bond donors (Lipinski definition) is 2. The molecule has 1 aromatic heterocycles. The van der Waals surface area contributed by atoms with Crippen LogP contribution in [0.1, 0.15) is 21.5 Å². The first-order valence-corrected chi connectivity index (χ1v) is 6.30. The van der Waals surface area contributed by atoms with E-state index in [0.717, 1.165) is 0 Å². The maximum Gasteiger partial charge on any atom is 0.252 e. The van der Waals surface area contributed by atoms with Crippen molar-refractivity contribution in [3.8, 4) is 0 Å². The first-order valence-electron chi connectivity index (χ1n) is 6.30. The first-order chi connectivity index (χ1) is 9.49. The molecule has 0 saturated heterocycles. The Morgan fingerprint density at radius 1 is 1.35 bits per heavy atom. The summed E-state index contributed by atoms with van der Waals surface area (Å²) in [7, 11) is 1.87. The predicted molar refractivity (Wildman–Crippen MR) is 80.5 cm³/mol. The van der Waals surface area contributed by atoms with E-state index in [9.17, 15) is 4.79 Å². The van der Waals surface area contributed by atoms with Gasteiger partial charge in [-0.3, -0.25) is 4.79 Å². The van der Waals surface area contributed by atoms with E-state index in [2.05, 4.69) is 18.0 Å². The fourth-order valence-corrected chi connectivity index (χ4v) is 2.08. The molecule has 104 valence electrons. The van der Waals surface area contributed by atoms with Crippen molar-refractivity contribution >= 4 is 17.4 Å². The lowest BCUT2D eigenvalue weighted by atomic mass is 10.1. The zero-order chi connectivity index (χ0) is 14.7. The topological polar surface area (TPSA) is 85.2 Å². The summed E-state index contributed by atoms with van der Waals surface area (Å²) in [6.45, 7) is 2.69. The maximum atomic E-state index is 11.5. The van der Waals surface area contributed by atoms with Crippen molar-refractivity contribution in [2.45, 2.75) is 13.5 Å². The van der Waals surface area contributed by atoms with Crippen LogP contribution in [0.5, 0.6) is 0 Å². The smallest absolute Gasteiger partial charge is 0.252 e. The molecule has 1 amide bonds. The number of anilines is 2. The maximum absolute atomic E-state index is 11.5. The van der Waals surface area contributed by atoms with E-state index in [-0.39, 0.29) is 0 Å². The molecule has 0 spiro atoms. The molecule has 0 aliphatic heterocycles. The summed E-state index contributed by atoms with van der Waals surface area (Å²) in [4.78, 5) is 17.6. The number of aromatic nitrogens is 1. The molecule has 4 N–H and O–H groups in total. The minimum Gasteiger partial charge on any atom is -0.397 e. The Labute approximate surface area is 118 Å². The van der Waals surface area contributed by atoms with Gasteiger partial charge in [0, 0.05) is 13.6 Å². The Bertz CT molecular complexity index is 640. The number of nitrogen functional groups attached to an aromatic ring is 1. The lowest BCUT2D eigenvalue weighted by Gasteiger charge is -2.21. The third-order valence-electron chi connectivity index (χ3n) is 3.18. The van der Waals surface area contributed by atoms with Crippen LogP contribution < -0.4 is 16.4 Å². The minimum absolute atomic E-state index is 0.334. The molecular formula is C15H18N4O. The second kappa shape index (κ2) is 5.61. The summed E-state index contributed by atoms with van der Waals surface area (Å²) in [5.41, 5.74) is 14.2. The number of hydrogen-bond acceptors (Lipinski definition) is 4. The van der Waals surface area contributed by atoms with Crippen LogP contribution in [-0.4, -0.2) is 17.9 Å². The highest BCUT2D eigenvalue weighted by Gasteiger charge is 2.14. The number of primary amides is 1. The standard InChI is InChI=1S/C15H18N4O/c1-10-5-3-4-6-11(10)9-19(2)15-13(14(17)20)7-12(16)8-18-15/h3-8H,9,16H2,1-2H3,(H2,17,20). The summed E-state index contributed by atoms with van der Waals surface area (Å²) >= 11 is 0. The van der Waals surface area contributed by atoms with E-state index in [1.165, 1.54) is 17.3 Å². The Hall–Kier alpha value is -2.56. The fourth-order valence-electron chi connectivity index (χ4n) is 2.08.